The third kappa shape index (κ3) is 2.52. The highest BCUT2D eigenvalue weighted by Crippen LogP contribution is 2.57. The van der Waals surface area contributed by atoms with Crippen LogP contribution in [0, 0.1) is 6.92 Å². The number of hydrogen-bond donors (Lipinski definition) is 0. The first-order chi connectivity index (χ1) is 16.3. The Morgan fingerprint density at radius 2 is 0.939 bits per heavy atom. The Hall–Kier alpha value is -4.16. The molecule has 0 spiro atoms. The molecule has 1 aliphatic carbocycles. The first kappa shape index (κ1) is 18.4. The smallest absolute Gasteiger partial charge is 0.000732 e. The van der Waals surface area contributed by atoms with Crippen molar-refractivity contribution in [3.8, 4) is 44.5 Å². The van der Waals surface area contributed by atoms with E-state index >= 15 is 0 Å². The van der Waals surface area contributed by atoms with Gasteiger partial charge in [0.1, 0.15) is 0 Å². The van der Waals surface area contributed by atoms with Crippen molar-refractivity contribution in [2.75, 3.05) is 0 Å². The summed E-state index contributed by atoms with van der Waals surface area (Å²) in [4.78, 5) is 0. The molecule has 33 heavy (non-hydrogen) atoms. The molecule has 0 heterocycles. The van der Waals surface area contributed by atoms with Gasteiger partial charge in [0.15, 0.2) is 0 Å². The number of fused-ring (bicyclic) bond motifs is 4. The van der Waals surface area contributed by atoms with Crippen LogP contribution in [0.25, 0.3) is 66.1 Å². The highest BCUT2D eigenvalue weighted by molar-refractivity contribution is 6.27. The fourth-order valence-corrected chi connectivity index (χ4v) is 5.81. The maximum Gasteiger partial charge on any atom is -0.000732 e. The van der Waals surface area contributed by atoms with Crippen molar-refractivity contribution in [1.29, 1.82) is 0 Å². The Balaban J connectivity index is 1.80. The molecule has 0 N–H and O–H groups in total. The van der Waals surface area contributed by atoms with E-state index in [2.05, 4.69) is 122 Å². The number of aryl methyl sites for hydroxylation is 1. The molecule has 0 aromatic heterocycles. The maximum atomic E-state index is 2.31. The van der Waals surface area contributed by atoms with Gasteiger partial charge in [-0.2, -0.15) is 0 Å². The Bertz CT molecular complexity index is 1680. The highest BCUT2D eigenvalue weighted by Gasteiger charge is 2.30. The van der Waals surface area contributed by atoms with Gasteiger partial charge in [-0.05, 0) is 78.5 Å². The van der Waals surface area contributed by atoms with Gasteiger partial charge in [-0.25, -0.2) is 0 Å². The monoisotopic (exact) mass is 418 g/mol. The number of rotatable bonds is 2. The SMILES string of the molecule is Cc1cccc2c(-c3ccccc3)c3c(c(-c4ccccc4)c12)-c1cccc2cccc-3c12. The summed E-state index contributed by atoms with van der Waals surface area (Å²) in [6, 6.07) is 42.1. The second-order valence-electron chi connectivity index (χ2n) is 8.94. The molecular weight excluding hydrogens is 396 g/mol. The van der Waals surface area contributed by atoms with Crippen molar-refractivity contribution in [1.82, 2.24) is 0 Å². The van der Waals surface area contributed by atoms with E-state index in [9.17, 15) is 0 Å². The van der Waals surface area contributed by atoms with Gasteiger partial charge in [0.05, 0.1) is 0 Å². The van der Waals surface area contributed by atoms with E-state index in [1.807, 2.05) is 0 Å². The van der Waals surface area contributed by atoms with E-state index in [0.29, 0.717) is 0 Å². The molecule has 7 rings (SSSR count). The fourth-order valence-electron chi connectivity index (χ4n) is 5.81. The van der Waals surface area contributed by atoms with Crippen LogP contribution >= 0.6 is 0 Å². The largest absolute Gasteiger partial charge is 0.0622 e. The van der Waals surface area contributed by atoms with E-state index in [4.69, 9.17) is 0 Å². The third-order valence-corrected chi connectivity index (χ3v) is 7.11. The molecule has 0 fully saturated rings. The summed E-state index contributed by atoms with van der Waals surface area (Å²) in [7, 11) is 0. The van der Waals surface area contributed by atoms with Crippen LogP contribution < -0.4 is 0 Å². The lowest BCUT2D eigenvalue weighted by Crippen LogP contribution is -1.95. The van der Waals surface area contributed by atoms with Gasteiger partial charge in [-0.1, -0.05) is 115 Å². The van der Waals surface area contributed by atoms with Gasteiger partial charge in [-0.15, -0.1) is 0 Å². The molecular formula is C33H22. The van der Waals surface area contributed by atoms with E-state index in [-0.39, 0.29) is 0 Å². The van der Waals surface area contributed by atoms with Crippen LogP contribution in [0.5, 0.6) is 0 Å². The Labute approximate surface area is 193 Å². The summed E-state index contributed by atoms with van der Waals surface area (Å²) in [5, 5.41) is 5.35. The van der Waals surface area contributed by atoms with Gasteiger partial charge in [0, 0.05) is 0 Å². The van der Waals surface area contributed by atoms with Crippen molar-refractivity contribution < 1.29 is 0 Å². The molecule has 0 radical (unpaired) electrons. The van der Waals surface area contributed by atoms with Gasteiger partial charge in [-0.3, -0.25) is 0 Å². The van der Waals surface area contributed by atoms with Crippen LogP contribution in [-0.2, 0) is 0 Å². The highest BCUT2D eigenvalue weighted by atomic mass is 14.3. The summed E-state index contributed by atoms with van der Waals surface area (Å²) in [5.41, 5.74) is 12.0. The fraction of sp³-hybridized carbons (Fsp3) is 0.0303. The van der Waals surface area contributed by atoms with Gasteiger partial charge >= 0.3 is 0 Å². The molecule has 1 aliphatic rings. The molecule has 0 heteroatoms. The first-order valence-electron chi connectivity index (χ1n) is 11.6. The topological polar surface area (TPSA) is 0 Å². The van der Waals surface area contributed by atoms with Crippen molar-refractivity contribution in [2.45, 2.75) is 6.92 Å². The maximum absolute atomic E-state index is 2.31. The summed E-state index contributed by atoms with van der Waals surface area (Å²) < 4.78 is 0. The number of hydrogen-bond acceptors (Lipinski definition) is 0. The molecule has 154 valence electrons. The van der Waals surface area contributed by atoms with E-state index < -0.39 is 0 Å². The van der Waals surface area contributed by atoms with Crippen LogP contribution in [0.2, 0.25) is 0 Å². The van der Waals surface area contributed by atoms with Crippen molar-refractivity contribution in [2.24, 2.45) is 0 Å². The van der Waals surface area contributed by atoms with E-state index in [1.54, 1.807) is 0 Å². The van der Waals surface area contributed by atoms with Gasteiger partial charge in [0.25, 0.3) is 0 Å². The average molecular weight is 419 g/mol. The quantitative estimate of drug-likeness (QED) is 0.262. The lowest BCUT2D eigenvalue weighted by atomic mass is 9.81. The Morgan fingerprint density at radius 1 is 0.394 bits per heavy atom. The number of benzene rings is 6. The third-order valence-electron chi connectivity index (χ3n) is 7.11. The van der Waals surface area contributed by atoms with Gasteiger partial charge < -0.3 is 0 Å². The van der Waals surface area contributed by atoms with Crippen molar-refractivity contribution in [3.05, 3.63) is 121 Å². The minimum Gasteiger partial charge on any atom is -0.0622 e. The van der Waals surface area contributed by atoms with E-state index in [1.165, 1.54) is 71.6 Å². The Morgan fingerprint density at radius 3 is 1.58 bits per heavy atom. The first-order valence-corrected chi connectivity index (χ1v) is 11.6. The summed E-state index contributed by atoms with van der Waals surface area (Å²) in [6.07, 6.45) is 0. The average Bonchev–Trinajstić information content (AvgIpc) is 3.20. The normalized spacial score (nSPS) is 11.8. The summed E-state index contributed by atoms with van der Waals surface area (Å²) in [5.74, 6) is 0. The van der Waals surface area contributed by atoms with Crippen LogP contribution in [0.4, 0.5) is 0 Å². The second kappa shape index (κ2) is 6.92. The Kier molecular flexibility index (Phi) is 3.86. The van der Waals surface area contributed by atoms with Crippen LogP contribution in [0.15, 0.2) is 115 Å². The standard InChI is InChI=1S/C33H22/c1-21-11-8-18-25-28(21)31(24-14-6-3-7-15-24)33-27-20-10-17-22-16-9-19-26(29(22)27)32(33)30(25)23-12-4-2-5-13-23/h2-20H,1H3. The molecule has 0 bridgehead atoms. The molecule has 6 aromatic carbocycles. The summed E-state index contributed by atoms with van der Waals surface area (Å²) in [6.45, 7) is 2.25. The minimum absolute atomic E-state index is 1.27. The van der Waals surface area contributed by atoms with Crippen LogP contribution in [-0.4, -0.2) is 0 Å². The molecule has 6 aromatic rings. The molecule has 0 saturated carbocycles. The predicted octanol–water partition coefficient (Wildman–Crippen LogP) is 9.28. The predicted molar refractivity (Wildman–Crippen MR) is 141 cm³/mol. The van der Waals surface area contributed by atoms with E-state index in [0.717, 1.165) is 0 Å². The van der Waals surface area contributed by atoms with Crippen molar-refractivity contribution in [3.63, 3.8) is 0 Å². The van der Waals surface area contributed by atoms with Crippen LogP contribution in [0.1, 0.15) is 5.56 Å². The van der Waals surface area contributed by atoms with Gasteiger partial charge in [0.2, 0.25) is 0 Å². The second-order valence-corrected chi connectivity index (χ2v) is 8.94. The molecule has 0 unspecified atom stereocenters. The molecule has 0 atom stereocenters. The lowest BCUT2D eigenvalue weighted by molar-refractivity contribution is 1.52. The van der Waals surface area contributed by atoms with Crippen molar-refractivity contribution >= 4 is 21.5 Å². The molecule has 0 saturated heterocycles. The minimum atomic E-state index is 1.27. The zero-order valence-electron chi connectivity index (χ0n) is 18.5. The lowest BCUT2D eigenvalue weighted by Gasteiger charge is -2.21. The molecule has 0 amide bonds. The molecule has 0 nitrogen and oxygen atoms in total. The summed E-state index contributed by atoms with van der Waals surface area (Å²) >= 11 is 0. The zero-order chi connectivity index (χ0) is 21.9. The van der Waals surface area contributed by atoms with Crippen LogP contribution in [0.3, 0.4) is 0 Å². The zero-order valence-corrected chi connectivity index (χ0v) is 18.5. The molecule has 0 aliphatic heterocycles.